The maximum absolute atomic E-state index is 9.37. The highest BCUT2D eigenvalue weighted by Gasteiger charge is 2.08. The molecule has 0 amide bonds. The van der Waals surface area contributed by atoms with Gasteiger partial charge in [0.1, 0.15) is 11.5 Å². The number of aryl methyl sites for hydroxylation is 1. The zero-order chi connectivity index (χ0) is 14.8. The van der Waals surface area contributed by atoms with Crippen LogP contribution in [-0.4, -0.2) is 21.3 Å². The van der Waals surface area contributed by atoms with E-state index in [9.17, 15) is 5.11 Å². The molecule has 0 radical (unpaired) electrons. The van der Waals surface area contributed by atoms with Crippen LogP contribution in [0.3, 0.4) is 0 Å². The second-order valence-electron chi connectivity index (χ2n) is 5.15. The average Bonchev–Trinajstić information content (AvgIpc) is 3.07. The topological polar surface area (TPSA) is 57.4 Å². The fraction of sp³-hybridized carbons (Fsp3) is 0.176. The van der Waals surface area contributed by atoms with Gasteiger partial charge in [-0.2, -0.15) is 0 Å². The van der Waals surface area contributed by atoms with Crippen LogP contribution >= 0.6 is 0 Å². The molecule has 4 nitrogen and oxygen atoms in total. The Morgan fingerprint density at radius 2 is 1.95 bits per heavy atom. The van der Waals surface area contributed by atoms with Crippen LogP contribution in [-0.2, 0) is 13.5 Å². The maximum atomic E-state index is 9.37. The normalized spacial score (nSPS) is 12.4. The molecule has 2 aromatic carbocycles. The molecule has 4 rings (SSSR count). The van der Waals surface area contributed by atoms with E-state index in [1.165, 1.54) is 5.56 Å². The fourth-order valence-corrected chi connectivity index (χ4v) is 2.56. The lowest BCUT2D eigenvalue weighted by molar-refractivity contribution is 0.475. The molecule has 0 bridgehead atoms. The number of fused-ring (bicyclic) bond motifs is 2. The third-order valence-electron chi connectivity index (χ3n) is 3.71. The standard InChI is InChI=1S/C9H9NO.C8H9NO/c1-10-6-5-7-8(10)3-2-4-9(7)11;10-7-2-1-6-3-4-9-8(6)5-7/h2-6,11H,1H3;1-2,5,9-10H,3-4H2. The van der Waals surface area contributed by atoms with Crippen LogP contribution in [0.4, 0.5) is 5.69 Å². The molecule has 108 valence electrons. The van der Waals surface area contributed by atoms with Gasteiger partial charge in [-0.15, -0.1) is 0 Å². The molecule has 1 aliphatic rings. The van der Waals surface area contributed by atoms with Crippen LogP contribution in [0, 0.1) is 0 Å². The van der Waals surface area contributed by atoms with E-state index < -0.39 is 0 Å². The highest BCUT2D eigenvalue weighted by atomic mass is 16.3. The van der Waals surface area contributed by atoms with Gasteiger partial charge in [-0.05, 0) is 36.2 Å². The molecule has 1 aliphatic heterocycles. The number of phenolic OH excluding ortho intramolecular Hbond substituents is 2. The summed E-state index contributed by atoms with van der Waals surface area (Å²) in [6, 6.07) is 12.9. The zero-order valence-corrected chi connectivity index (χ0v) is 11.9. The van der Waals surface area contributed by atoms with Crippen molar-refractivity contribution in [1.29, 1.82) is 0 Å². The van der Waals surface area contributed by atoms with Gasteiger partial charge in [0.2, 0.25) is 0 Å². The minimum Gasteiger partial charge on any atom is -0.508 e. The number of benzene rings is 2. The smallest absolute Gasteiger partial charge is 0.124 e. The highest BCUT2D eigenvalue weighted by Crippen LogP contribution is 2.25. The first-order valence-electron chi connectivity index (χ1n) is 6.94. The number of aromatic hydroxyl groups is 2. The van der Waals surface area contributed by atoms with Crippen molar-refractivity contribution in [3.05, 3.63) is 54.2 Å². The minimum absolute atomic E-state index is 0.341. The van der Waals surface area contributed by atoms with Gasteiger partial charge in [0, 0.05) is 36.9 Å². The lowest BCUT2D eigenvalue weighted by Gasteiger charge is -1.98. The molecule has 21 heavy (non-hydrogen) atoms. The lowest BCUT2D eigenvalue weighted by Crippen LogP contribution is -1.90. The summed E-state index contributed by atoms with van der Waals surface area (Å²) in [5.74, 6) is 0.691. The van der Waals surface area contributed by atoms with Gasteiger partial charge >= 0.3 is 0 Å². The van der Waals surface area contributed by atoms with Crippen molar-refractivity contribution in [2.24, 2.45) is 7.05 Å². The molecule has 0 fully saturated rings. The first kappa shape index (κ1) is 13.4. The Hall–Kier alpha value is -2.62. The van der Waals surface area contributed by atoms with E-state index in [1.54, 1.807) is 18.2 Å². The van der Waals surface area contributed by atoms with Crippen molar-refractivity contribution in [2.75, 3.05) is 11.9 Å². The number of anilines is 1. The van der Waals surface area contributed by atoms with E-state index in [-0.39, 0.29) is 0 Å². The molecule has 0 saturated heterocycles. The number of nitrogens with one attached hydrogen (secondary N) is 1. The highest BCUT2D eigenvalue weighted by molar-refractivity contribution is 5.85. The third kappa shape index (κ3) is 2.65. The van der Waals surface area contributed by atoms with Crippen molar-refractivity contribution in [1.82, 2.24) is 4.57 Å². The number of hydrogen-bond acceptors (Lipinski definition) is 3. The molecule has 0 atom stereocenters. The second-order valence-corrected chi connectivity index (χ2v) is 5.15. The van der Waals surface area contributed by atoms with Crippen molar-refractivity contribution in [3.63, 3.8) is 0 Å². The summed E-state index contributed by atoms with van der Waals surface area (Å²) >= 11 is 0. The van der Waals surface area contributed by atoms with E-state index in [2.05, 4.69) is 5.32 Å². The summed E-state index contributed by atoms with van der Waals surface area (Å²) in [7, 11) is 1.96. The number of phenols is 2. The van der Waals surface area contributed by atoms with Gasteiger partial charge in [-0.25, -0.2) is 0 Å². The van der Waals surface area contributed by atoms with E-state index in [4.69, 9.17) is 5.11 Å². The Labute approximate surface area is 123 Å². The van der Waals surface area contributed by atoms with Gasteiger partial charge < -0.3 is 20.1 Å². The average molecular weight is 282 g/mol. The van der Waals surface area contributed by atoms with Gasteiger partial charge in [0.25, 0.3) is 0 Å². The minimum atomic E-state index is 0.341. The number of hydrogen-bond donors (Lipinski definition) is 3. The van der Waals surface area contributed by atoms with Crippen molar-refractivity contribution in [2.45, 2.75) is 6.42 Å². The Morgan fingerprint density at radius 1 is 1.10 bits per heavy atom. The third-order valence-corrected chi connectivity index (χ3v) is 3.71. The first-order valence-corrected chi connectivity index (χ1v) is 6.94. The molecule has 4 heteroatoms. The summed E-state index contributed by atoms with van der Waals surface area (Å²) in [5.41, 5.74) is 3.45. The molecule has 0 unspecified atom stereocenters. The monoisotopic (exact) mass is 282 g/mol. The molecule has 3 N–H and O–H groups in total. The van der Waals surface area contributed by atoms with E-state index in [0.29, 0.717) is 11.5 Å². The number of aromatic nitrogens is 1. The van der Waals surface area contributed by atoms with Gasteiger partial charge in [0.05, 0.1) is 5.52 Å². The Balaban J connectivity index is 0.000000126. The summed E-state index contributed by atoms with van der Waals surface area (Å²) in [4.78, 5) is 0. The zero-order valence-electron chi connectivity index (χ0n) is 11.9. The first-order chi connectivity index (χ1) is 10.1. The molecule has 0 spiro atoms. The second kappa shape index (κ2) is 5.40. The largest absolute Gasteiger partial charge is 0.508 e. The Bertz CT molecular complexity index is 778. The summed E-state index contributed by atoms with van der Waals surface area (Å²) in [6.45, 7) is 0.999. The summed E-state index contributed by atoms with van der Waals surface area (Å²) in [6.07, 6.45) is 3.01. The molecule has 3 aromatic rings. The predicted molar refractivity (Wildman–Crippen MR) is 84.9 cm³/mol. The Kier molecular flexibility index (Phi) is 3.44. The molecule has 0 saturated carbocycles. The van der Waals surface area contributed by atoms with Gasteiger partial charge in [-0.1, -0.05) is 12.1 Å². The molecule has 1 aromatic heterocycles. The van der Waals surface area contributed by atoms with Crippen LogP contribution in [0.15, 0.2) is 48.7 Å². The lowest BCUT2D eigenvalue weighted by atomic mass is 10.2. The fourth-order valence-electron chi connectivity index (χ4n) is 2.56. The van der Waals surface area contributed by atoms with Gasteiger partial charge in [-0.3, -0.25) is 0 Å². The summed E-state index contributed by atoms with van der Waals surface area (Å²) < 4.78 is 1.98. The van der Waals surface area contributed by atoms with E-state index >= 15 is 0 Å². The van der Waals surface area contributed by atoms with Crippen LogP contribution in [0.25, 0.3) is 10.9 Å². The SMILES string of the molecule is Cn1ccc2c(O)cccc21.Oc1ccc2c(c1)NCC2. The van der Waals surface area contributed by atoms with Crippen LogP contribution < -0.4 is 5.32 Å². The van der Waals surface area contributed by atoms with Crippen LogP contribution in [0.2, 0.25) is 0 Å². The van der Waals surface area contributed by atoms with Crippen LogP contribution in [0.1, 0.15) is 5.56 Å². The molecule has 0 aliphatic carbocycles. The van der Waals surface area contributed by atoms with E-state index in [1.807, 2.05) is 42.1 Å². The molecule has 2 heterocycles. The van der Waals surface area contributed by atoms with Gasteiger partial charge in [0.15, 0.2) is 0 Å². The van der Waals surface area contributed by atoms with E-state index in [0.717, 1.165) is 29.6 Å². The number of rotatable bonds is 0. The van der Waals surface area contributed by atoms with Crippen molar-refractivity contribution in [3.8, 4) is 11.5 Å². The van der Waals surface area contributed by atoms with Crippen molar-refractivity contribution < 1.29 is 10.2 Å². The molecular weight excluding hydrogens is 264 g/mol. The Morgan fingerprint density at radius 3 is 2.76 bits per heavy atom. The molecular formula is C17H18N2O2. The van der Waals surface area contributed by atoms with Crippen molar-refractivity contribution >= 4 is 16.6 Å². The van der Waals surface area contributed by atoms with Crippen LogP contribution in [0.5, 0.6) is 11.5 Å². The summed E-state index contributed by atoms with van der Waals surface area (Å²) in [5, 5.41) is 22.5. The quantitative estimate of drug-likeness (QED) is 0.593. The maximum Gasteiger partial charge on any atom is 0.124 e. The number of nitrogens with zero attached hydrogens (tertiary/aromatic N) is 1. The predicted octanol–water partition coefficient (Wildman–Crippen LogP) is 3.24.